The minimum Gasteiger partial charge on any atom is -0.339 e. The van der Waals surface area contributed by atoms with E-state index in [0.717, 1.165) is 32.6 Å². The lowest BCUT2D eigenvalue weighted by atomic mass is 10.1. The molecule has 1 heterocycles. The van der Waals surface area contributed by atoms with Crippen molar-refractivity contribution in [3.8, 4) is 0 Å². The van der Waals surface area contributed by atoms with Gasteiger partial charge in [-0.2, -0.15) is 0 Å². The molecule has 0 radical (unpaired) electrons. The summed E-state index contributed by atoms with van der Waals surface area (Å²) in [6.45, 7) is 8.24. The fourth-order valence-corrected chi connectivity index (χ4v) is 3.04. The van der Waals surface area contributed by atoms with Gasteiger partial charge in [0.1, 0.15) is 0 Å². The molecule has 2 N–H and O–H groups in total. The van der Waals surface area contributed by atoms with Crippen LogP contribution in [0.15, 0.2) is 30.3 Å². The van der Waals surface area contributed by atoms with Crippen LogP contribution in [-0.2, 0) is 11.3 Å². The molecule has 0 aliphatic carbocycles. The normalized spacial score (nSPS) is 19.1. The smallest absolute Gasteiger partial charge is 0.236 e. The number of hydrogen-bond acceptors (Lipinski definition) is 3. The van der Waals surface area contributed by atoms with Crippen LogP contribution in [0.2, 0.25) is 0 Å². The molecule has 1 saturated heterocycles. The predicted molar refractivity (Wildman–Crippen MR) is 85.7 cm³/mol. The maximum absolute atomic E-state index is 11.9. The van der Waals surface area contributed by atoms with Gasteiger partial charge in [-0.05, 0) is 38.3 Å². The molecule has 0 unspecified atom stereocenters. The molecular formula is C17H27N3O. The molecule has 1 aromatic carbocycles. The second kappa shape index (κ2) is 7.57. The Kier molecular flexibility index (Phi) is 5.76. The number of hydrogen-bond donors (Lipinski definition) is 1. The maximum atomic E-state index is 11.9. The van der Waals surface area contributed by atoms with Crippen molar-refractivity contribution in [1.82, 2.24) is 9.80 Å². The predicted octanol–water partition coefficient (Wildman–Crippen LogP) is 1.70. The second-order valence-corrected chi connectivity index (χ2v) is 6.22. The van der Waals surface area contributed by atoms with Crippen LogP contribution in [0.3, 0.4) is 0 Å². The van der Waals surface area contributed by atoms with E-state index in [9.17, 15) is 4.79 Å². The molecule has 2 rings (SSSR count). The Labute approximate surface area is 127 Å². The Balaban J connectivity index is 1.85. The molecule has 1 aromatic rings. The van der Waals surface area contributed by atoms with Crippen molar-refractivity contribution >= 4 is 5.91 Å². The van der Waals surface area contributed by atoms with Crippen LogP contribution < -0.4 is 5.73 Å². The van der Waals surface area contributed by atoms with E-state index in [1.807, 2.05) is 4.90 Å². The van der Waals surface area contributed by atoms with Crippen molar-refractivity contribution in [3.05, 3.63) is 35.9 Å². The highest BCUT2D eigenvalue weighted by atomic mass is 16.2. The van der Waals surface area contributed by atoms with E-state index in [1.54, 1.807) is 0 Å². The van der Waals surface area contributed by atoms with E-state index in [1.165, 1.54) is 5.56 Å². The van der Waals surface area contributed by atoms with Crippen molar-refractivity contribution in [2.24, 2.45) is 11.7 Å². The SMILES string of the molecule is CC(C)N(C[C@H]1CCN(Cc2ccccc2)C1)C(=O)CN. The summed E-state index contributed by atoms with van der Waals surface area (Å²) in [5.74, 6) is 0.623. The Morgan fingerprint density at radius 1 is 1.38 bits per heavy atom. The lowest BCUT2D eigenvalue weighted by Crippen LogP contribution is -2.44. The fraction of sp³-hybridized carbons (Fsp3) is 0.588. The molecule has 1 fully saturated rings. The molecule has 1 aliphatic rings. The lowest BCUT2D eigenvalue weighted by Gasteiger charge is -2.29. The van der Waals surface area contributed by atoms with Gasteiger partial charge in [-0.3, -0.25) is 9.69 Å². The van der Waals surface area contributed by atoms with E-state index in [2.05, 4.69) is 49.1 Å². The monoisotopic (exact) mass is 289 g/mol. The standard InChI is InChI=1S/C17H27N3O/c1-14(2)20(17(21)10-18)13-16-8-9-19(12-16)11-15-6-4-3-5-7-15/h3-7,14,16H,8-13,18H2,1-2H3/t16-/m0/s1. The highest BCUT2D eigenvalue weighted by Gasteiger charge is 2.26. The first-order valence-electron chi connectivity index (χ1n) is 7.86. The first-order valence-corrected chi connectivity index (χ1v) is 7.86. The van der Waals surface area contributed by atoms with Gasteiger partial charge in [0.2, 0.25) is 5.91 Å². The van der Waals surface area contributed by atoms with Gasteiger partial charge in [-0.1, -0.05) is 30.3 Å². The molecular weight excluding hydrogens is 262 g/mol. The summed E-state index contributed by atoms with van der Waals surface area (Å²) in [5, 5.41) is 0. The molecule has 1 aliphatic heterocycles. The number of carbonyl (C=O) groups is 1. The highest BCUT2D eigenvalue weighted by Crippen LogP contribution is 2.20. The number of carbonyl (C=O) groups excluding carboxylic acids is 1. The zero-order valence-electron chi connectivity index (χ0n) is 13.2. The van der Waals surface area contributed by atoms with Gasteiger partial charge in [-0.25, -0.2) is 0 Å². The summed E-state index contributed by atoms with van der Waals surface area (Å²) in [7, 11) is 0. The van der Waals surface area contributed by atoms with Crippen molar-refractivity contribution in [2.45, 2.75) is 32.9 Å². The zero-order valence-corrected chi connectivity index (χ0v) is 13.2. The van der Waals surface area contributed by atoms with Crippen LogP contribution in [0.1, 0.15) is 25.8 Å². The minimum absolute atomic E-state index is 0.0616. The Morgan fingerprint density at radius 3 is 2.71 bits per heavy atom. The average molecular weight is 289 g/mol. The Morgan fingerprint density at radius 2 is 2.10 bits per heavy atom. The summed E-state index contributed by atoms with van der Waals surface area (Å²) in [6.07, 6.45) is 1.16. The van der Waals surface area contributed by atoms with Gasteiger partial charge < -0.3 is 10.6 Å². The average Bonchev–Trinajstić information content (AvgIpc) is 2.92. The van der Waals surface area contributed by atoms with Crippen molar-refractivity contribution in [1.29, 1.82) is 0 Å². The van der Waals surface area contributed by atoms with Crippen molar-refractivity contribution < 1.29 is 4.79 Å². The molecule has 0 bridgehead atoms. The fourth-order valence-electron chi connectivity index (χ4n) is 3.04. The van der Waals surface area contributed by atoms with Gasteiger partial charge in [0.05, 0.1) is 6.54 Å². The molecule has 0 spiro atoms. The number of likely N-dealkylation sites (tertiary alicyclic amines) is 1. The largest absolute Gasteiger partial charge is 0.339 e. The third kappa shape index (κ3) is 4.55. The van der Waals surface area contributed by atoms with Crippen molar-refractivity contribution in [2.75, 3.05) is 26.2 Å². The Hall–Kier alpha value is -1.39. The van der Waals surface area contributed by atoms with Crippen LogP contribution in [0, 0.1) is 5.92 Å². The number of rotatable bonds is 6. The van der Waals surface area contributed by atoms with Gasteiger partial charge >= 0.3 is 0 Å². The second-order valence-electron chi connectivity index (χ2n) is 6.22. The number of nitrogens with zero attached hydrogens (tertiary/aromatic N) is 2. The molecule has 1 amide bonds. The van der Waals surface area contributed by atoms with E-state index in [0.29, 0.717) is 5.92 Å². The molecule has 0 saturated carbocycles. The summed E-state index contributed by atoms with van der Waals surface area (Å²) in [5.41, 5.74) is 6.87. The quantitative estimate of drug-likeness (QED) is 0.867. The number of amides is 1. The summed E-state index contributed by atoms with van der Waals surface area (Å²) < 4.78 is 0. The van der Waals surface area contributed by atoms with Crippen LogP contribution in [-0.4, -0.2) is 47.9 Å². The summed E-state index contributed by atoms with van der Waals surface area (Å²) >= 11 is 0. The van der Waals surface area contributed by atoms with Crippen molar-refractivity contribution in [3.63, 3.8) is 0 Å². The van der Waals surface area contributed by atoms with Gasteiger partial charge in [0, 0.05) is 25.7 Å². The van der Waals surface area contributed by atoms with Crippen LogP contribution in [0.5, 0.6) is 0 Å². The van der Waals surface area contributed by atoms with Gasteiger partial charge in [0.15, 0.2) is 0 Å². The van der Waals surface area contributed by atoms with Crippen LogP contribution in [0.25, 0.3) is 0 Å². The molecule has 4 nitrogen and oxygen atoms in total. The molecule has 1 atom stereocenters. The lowest BCUT2D eigenvalue weighted by molar-refractivity contribution is -0.132. The third-order valence-electron chi connectivity index (χ3n) is 4.19. The summed E-state index contributed by atoms with van der Waals surface area (Å²) in [4.78, 5) is 16.3. The topological polar surface area (TPSA) is 49.6 Å². The Bertz CT molecular complexity index is 447. The molecule has 0 aromatic heterocycles. The van der Waals surface area contributed by atoms with Crippen LogP contribution in [0.4, 0.5) is 0 Å². The molecule has 21 heavy (non-hydrogen) atoms. The van der Waals surface area contributed by atoms with E-state index >= 15 is 0 Å². The summed E-state index contributed by atoms with van der Waals surface area (Å²) in [6, 6.07) is 10.8. The minimum atomic E-state index is 0.0616. The number of benzene rings is 1. The molecule has 116 valence electrons. The molecule has 4 heteroatoms. The van der Waals surface area contributed by atoms with Crippen LogP contribution >= 0.6 is 0 Å². The van der Waals surface area contributed by atoms with E-state index in [-0.39, 0.29) is 18.5 Å². The first-order chi connectivity index (χ1) is 10.1. The van der Waals surface area contributed by atoms with Gasteiger partial charge in [0.25, 0.3) is 0 Å². The highest BCUT2D eigenvalue weighted by molar-refractivity contribution is 5.78. The maximum Gasteiger partial charge on any atom is 0.236 e. The van der Waals surface area contributed by atoms with E-state index in [4.69, 9.17) is 5.73 Å². The third-order valence-corrected chi connectivity index (χ3v) is 4.19. The van der Waals surface area contributed by atoms with E-state index < -0.39 is 0 Å². The zero-order chi connectivity index (χ0) is 15.2. The van der Waals surface area contributed by atoms with Gasteiger partial charge in [-0.15, -0.1) is 0 Å². The number of nitrogens with two attached hydrogens (primary N) is 1. The first kappa shape index (κ1) is 16.0.